The Hall–Kier alpha value is -2.74. The van der Waals surface area contributed by atoms with Gasteiger partial charge in [-0.05, 0) is 49.9 Å². The molecule has 2 heterocycles. The van der Waals surface area contributed by atoms with E-state index in [4.69, 9.17) is 0 Å². The smallest absolute Gasteiger partial charge is 0.251 e. The highest BCUT2D eigenvalue weighted by Crippen LogP contribution is 2.18. The fourth-order valence-electron chi connectivity index (χ4n) is 3.33. The maximum Gasteiger partial charge on any atom is 0.251 e. The van der Waals surface area contributed by atoms with E-state index in [9.17, 15) is 9.59 Å². The molecule has 2 aliphatic rings. The molecule has 4 rings (SSSR count). The standard InChI is InChI=1S/C19H24N6O2/c26-18(22-15-3-4-15)11-24-9-7-16(8-10-24)23-19(27)14-1-5-17(6-2-14)25-12-20-21-13-25/h1-2,5-6,12-13,15-16H,3-4,7-11H2,(H,22,26)(H,23,27). The van der Waals surface area contributed by atoms with E-state index in [0.717, 1.165) is 44.5 Å². The minimum Gasteiger partial charge on any atom is -0.352 e. The number of nitrogens with zero attached hydrogens (tertiary/aromatic N) is 4. The summed E-state index contributed by atoms with van der Waals surface area (Å²) in [5.41, 5.74) is 1.55. The number of rotatable bonds is 6. The summed E-state index contributed by atoms with van der Waals surface area (Å²) < 4.78 is 1.79. The van der Waals surface area contributed by atoms with Gasteiger partial charge in [-0.15, -0.1) is 10.2 Å². The van der Waals surface area contributed by atoms with Crippen LogP contribution in [0.1, 0.15) is 36.0 Å². The summed E-state index contributed by atoms with van der Waals surface area (Å²) in [7, 11) is 0. The lowest BCUT2D eigenvalue weighted by Crippen LogP contribution is -2.47. The van der Waals surface area contributed by atoms with Crippen molar-refractivity contribution in [3.63, 3.8) is 0 Å². The SMILES string of the molecule is O=C(CN1CCC(NC(=O)c2ccc(-n3cnnc3)cc2)CC1)NC1CC1. The quantitative estimate of drug-likeness (QED) is 0.785. The van der Waals surface area contributed by atoms with Crippen LogP contribution >= 0.6 is 0 Å². The number of hydrogen-bond donors (Lipinski definition) is 2. The van der Waals surface area contributed by atoms with Crippen LogP contribution in [-0.2, 0) is 4.79 Å². The third-order valence-electron chi connectivity index (χ3n) is 5.08. The highest BCUT2D eigenvalue weighted by molar-refractivity contribution is 5.94. The molecule has 1 saturated heterocycles. The molecule has 0 atom stereocenters. The van der Waals surface area contributed by atoms with Gasteiger partial charge in [-0.3, -0.25) is 19.1 Å². The summed E-state index contributed by atoms with van der Waals surface area (Å²) in [5.74, 6) is 0.0587. The van der Waals surface area contributed by atoms with Crippen LogP contribution in [0.2, 0.25) is 0 Å². The average molecular weight is 368 g/mol. The number of carbonyl (C=O) groups excluding carboxylic acids is 2. The van der Waals surface area contributed by atoms with Gasteiger partial charge in [-0.2, -0.15) is 0 Å². The molecule has 2 N–H and O–H groups in total. The summed E-state index contributed by atoms with van der Waals surface area (Å²) in [6.45, 7) is 2.12. The Balaban J connectivity index is 1.23. The van der Waals surface area contributed by atoms with Gasteiger partial charge in [-0.25, -0.2) is 0 Å². The lowest BCUT2D eigenvalue weighted by atomic mass is 10.0. The van der Waals surface area contributed by atoms with Gasteiger partial charge in [0, 0.05) is 36.4 Å². The van der Waals surface area contributed by atoms with E-state index in [1.165, 1.54) is 0 Å². The molecule has 0 radical (unpaired) electrons. The number of amides is 2. The van der Waals surface area contributed by atoms with E-state index in [1.54, 1.807) is 17.2 Å². The van der Waals surface area contributed by atoms with Crippen LogP contribution in [0.25, 0.3) is 5.69 Å². The summed E-state index contributed by atoms with van der Waals surface area (Å²) in [6.07, 6.45) is 7.18. The van der Waals surface area contributed by atoms with E-state index in [2.05, 4.69) is 25.7 Å². The molecule has 0 spiro atoms. The zero-order valence-electron chi connectivity index (χ0n) is 15.2. The second-order valence-electron chi connectivity index (χ2n) is 7.28. The number of nitrogens with one attached hydrogen (secondary N) is 2. The number of hydrogen-bond acceptors (Lipinski definition) is 5. The van der Waals surface area contributed by atoms with E-state index in [1.807, 2.05) is 24.3 Å². The van der Waals surface area contributed by atoms with Crippen molar-refractivity contribution in [2.24, 2.45) is 0 Å². The molecule has 2 aromatic rings. The lowest BCUT2D eigenvalue weighted by Gasteiger charge is -2.31. The van der Waals surface area contributed by atoms with Crippen LogP contribution in [0.15, 0.2) is 36.9 Å². The molecule has 1 aromatic heterocycles. The fraction of sp³-hybridized carbons (Fsp3) is 0.474. The Morgan fingerprint density at radius 3 is 2.19 bits per heavy atom. The van der Waals surface area contributed by atoms with Crippen LogP contribution < -0.4 is 10.6 Å². The second kappa shape index (κ2) is 7.87. The predicted octanol–water partition coefficient (Wildman–Crippen LogP) is 0.740. The first-order valence-electron chi connectivity index (χ1n) is 9.45. The van der Waals surface area contributed by atoms with E-state index in [0.29, 0.717) is 18.2 Å². The normalized spacial score (nSPS) is 18.2. The van der Waals surface area contributed by atoms with Crippen molar-refractivity contribution in [3.8, 4) is 5.69 Å². The average Bonchev–Trinajstić information content (AvgIpc) is 3.32. The molecule has 2 amide bonds. The third kappa shape index (κ3) is 4.71. The van der Waals surface area contributed by atoms with Gasteiger partial charge >= 0.3 is 0 Å². The van der Waals surface area contributed by atoms with E-state index >= 15 is 0 Å². The van der Waals surface area contributed by atoms with Crippen molar-refractivity contribution >= 4 is 11.8 Å². The highest BCUT2D eigenvalue weighted by atomic mass is 16.2. The van der Waals surface area contributed by atoms with Gasteiger partial charge in [0.05, 0.1) is 6.54 Å². The molecule has 2 fully saturated rings. The first kappa shape index (κ1) is 17.7. The highest BCUT2D eigenvalue weighted by Gasteiger charge is 2.26. The number of aromatic nitrogens is 3. The topological polar surface area (TPSA) is 92.2 Å². The van der Waals surface area contributed by atoms with Crippen molar-refractivity contribution in [1.82, 2.24) is 30.3 Å². The summed E-state index contributed by atoms with van der Waals surface area (Å²) in [5, 5.41) is 13.7. The van der Waals surface area contributed by atoms with Gasteiger partial charge in [0.25, 0.3) is 5.91 Å². The maximum atomic E-state index is 12.5. The largest absolute Gasteiger partial charge is 0.352 e. The third-order valence-corrected chi connectivity index (χ3v) is 5.08. The van der Waals surface area contributed by atoms with Gasteiger partial charge in [-0.1, -0.05) is 0 Å². The minimum absolute atomic E-state index is 0.0600. The molecule has 1 aromatic carbocycles. The Morgan fingerprint density at radius 1 is 0.926 bits per heavy atom. The monoisotopic (exact) mass is 368 g/mol. The van der Waals surface area contributed by atoms with Gasteiger partial charge in [0.15, 0.2) is 0 Å². The predicted molar refractivity (Wildman–Crippen MR) is 99.5 cm³/mol. The van der Waals surface area contributed by atoms with Crippen LogP contribution in [0, 0.1) is 0 Å². The van der Waals surface area contributed by atoms with E-state index in [-0.39, 0.29) is 17.9 Å². The molecule has 142 valence electrons. The first-order chi connectivity index (χ1) is 13.2. The van der Waals surface area contributed by atoms with Crippen LogP contribution in [0.4, 0.5) is 0 Å². The molecular weight excluding hydrogens is 344 g/mol. The molecule has 8 nitrogen and oxygen atoms in total. The van der Waals surface area contributed by atoms with Crippen molar-refractivity contribution in [3.05, 3.63) is 42.5 Å². The number of carbonyl (C=O) groups is 2. The lowest BCUT2D eigenvalue weighted by molar-refractivity contribution is -0.122. The summed E-state index contributed by atoms with van der Waals surface area (Å²) in [4.78, 5) is 26.5. The zero-order chi connectivity index (χ0) is 18.6. The summed E-state index contributed by atoms with van der Waals surface area (Å²) in [6, 6.07) is 7.92. The fourth-order valence-corrected chi connectivity index (χ4v) is 3.33. The molecule has 1 aliphatic heterocycles. The van der Waals surface area contributed by atoms with Gasteiger partial charge in [0.2, 0.25) is 5.91 Å². The molecule has 8 heteroatoms. The Kier molecular flexibility index (Phi) is 5.15. The molecule has 0 unspecified atom stereocenters. The minimum atomic E-state index is -0.0600. The van der Waals surface area contributed by atoms with Crippen LogP contribution in [0.3, 0.4) is 0 Å². The van der Waals surface area contributed by atoms with Crippen molar-refractivity contribution in [1.29, 1.82) is 0 Å². The zero-order valence-corrected chi connectivity index (χ0v) is 15.2. The number of piperidine rings is 1. The number of likely N-dealkylation sites (tertiary alicyclic amines) is 1. The Labute approximate surface area is 158 Å². The maximum absolute atomic E-state index is 12.5. The molecule has 1 saturated carbocycles. The Bertz CT molecular complexity index is 777. The van der Waals surface area contributed by atoms with Crippen LogP contribution in [-0.4, -0.2) is 63.2 Å². The Morgan fingerprint density at radius 2 is 1.56 bits per heavy atom. The summed E-state index contributed by atoms with van der Waals surface area (Å²) >= 11 is 0. The van der Waals surface area contributed by atoms with Gasteiger partial charge in [0.1, 0.15) is 12.7 Å². The molecule has 0 bridgehead atoms. The van der Waals surface area contributed by atoms with E-state index < -0.39 is 0 Å². The molecule has 1 aliphatic carbocycles. The van der Waals surface area contributed by atoms with Gasteiger partial charge < -0.3 is 10.6 Å². The van der Waals surface area contributed by atoms with Crippen molar-refractivity contribution < 1.29 is 9.59 Å². The number of benzene rings is 1. The second-order valence-corrected chi connectivity index (χ2v) is 7.28. The first-order valence-corrected chi connectivity index (χ1v) is 9.45. The molecule has 27 heavy (non-hydrogen) atoms. The van der Waals surface area contributed by atoms with Crippen molar-refractivity contribution in [2.45, 2.75) is 37.8 Å². The van der Waals surface area contributed by atoms with Crippen molar-refractivity contribution in [2.75, 3.05) is 19.6 Å². The van der Waals surface area contributed by atoms with Crippen LogP contribution in [0.5, 0.6) is 0 Å². The molecular formula is C19H24N6O2.